The lowest BCUT2D eigenvalue weighted by Crippen LogP contribution is -2.29. The quantitative estimate of drug-likeness (QED) is 0.587. The molecule has 0 saturated carbocycles. The van der Waals surface area contributed by atoms with Crippen molar-refractivity contribution in [3.63, 3.8) is 0 Å². The van der Waals surface area contributed by atoms with Crippen molar-refractivity contribution < 1.29 is 4.79 Å². The minimum Gasteiger partial charge on any atom is -0.322 e. The highest BCUT2D eigenvalue weighted by Gasteiger charge is 2.27. The van der Waals surface area contributed by atoms with Crippen molar-refractivity contribution in [3.8, 4) is 5.69 Å². The van der Waals surface area contributed by atoms with Crippen molar-refractivity contribution in [1.82, 2.24) is 15.1 Å². The van der Waals surface area contributed by atoms with Crippen molar-refractivity contribution in [2.45, 2.75) is 32.6 Å². The largest absolute Gasteiger partial charge is 0.322 e. The summed E-state index contributed by atoms with van der Waals surface area (Å²) in [6.07, 6.45) is 3.70. The van der Waals surface area contributed by atoms with Gasteiger partial charge in [0.15, 0.2) is 0 Å². The number of rotatable bonds is 4. The third kappa shape index (κ3) is 4.28. The van der Waals surface area contributed by atoms with Crippen LogP contribution in [0.15, 0.2) is 53.1 Å². The van der Waals surface area contributed by atoms with E-state index in [4.69, 9.17) is 0 Å². The topological polar surface area (TPSA) is 59.0 Å². The van der Waals surface area contributed by atoms with Crippen LogP contribution in [0.3, 0.4) is 0 Å². The third-order valence-electron chi connectivity index (χ3n) is 5.46. The number of nitrogens with zero attached hydrogens (tertiary/aromatic N) is 2. The van der Waals surface area contributed by atoms with Crippen LogP contribution in [0.4, 0.5) is 5.69 Å². The molecule has 1 aromatic heterocycles. The SMILES string of the molecule is Cc1ccc(-n2ncc(C(=O)Nc3ccc(Br)cc3)c2C2CCNCC2)c(C)c1. The van der Waals surface area contributed by atoms with Crippen molar-refractivity contribution in [3.05, 3.63) is 75.5 Å². The van der Waals surface area contributed by atoms with E-state index < -0.39 is 0 Å². The van der Waals surface area contributed by atoms with E-state index in [0.29, 0.717) is 11.5 Å². The molecule has 0 radical (unpaired) electrons. The second-order valence-corrected chi connectivity index (χ2v) is 8.55. The van der Waals surface area contributed by atoms with E-state index in [2.05, 4.69) is 63.7 Å². The average molecular weight is 453 g/mol. The monoisotopic (exact) mass is 452 g/mol. The molecule has 0 unspecified atom stereocenters. The number of hydrogen-bond donors (Lipinski definition) is 2. The van der Waals surface area contributed by atoms with Gasteiger partial charge in [-0.2, -0.15) is 5.10 Å². The molecule has 6 heteroatoms. The molecule has 150 valence electrons. The predicted molar refractivity (Wildman–Crippen MR) is 120 cm³/mol. The summed E-state index contributed by atoms with van der Waals surface area (Å²) in [5, 5.41) is 11.1. The van der Waals surface area contributed by atoms with E-state index >= 15 is 0 Å². The fourth-order valence-electron chi connectivity index (χ4n) is 3.99. The molecular formula is C23H25BrN4O. The van der Waals surface area contributed by atoms with Gasteiger partial charge in [-0.05, 0) is 75.7 Å². The molecule has 2 aromatic carbocycles. The van der Waals surface area contributed by atoms with Gasteiger partial charge in [-0.1, -0.05) is 33.6 Å². The number of amides is 1. The van der Waals surface area contributed by atoms with Crippen LogP contribution >= 0.6 is 15.9 Å². The molecule has 1 aliphatic rings. The normalized spacial score (nSPS) is 14.7. The standard InChI is InChI=1S/C23H25BrN4O/c1-15-3-8-21(16(2)13-15)28-22(17-9-11-25-12-10-17)20(14-26-28)23(29)27-19-6-4-18(24)5-7-19/h3-8,13-14,17,25H,9-12H2,1-2H3,(H,27,29). The number of nitrogens with one attached hydrogen (secondary N) is 2. The van der Waals surface area contributed by atoms with Crippen LogP contribution in [-0.2, 0) is 0 Å². The predicted octanol–water partition coefficient (Wildman–Crippen LogP) is 4.97. The molecule has 0 bridgehead atoms. The van der Waals surface area contributed by atoms with Gasteiger partial charge in [0, 0.05) is 16.1 Å². The van der Waals surface area contributed by atoms with Gasteiger partial charge >= 0.3 is 0 Å². The van der Waals surface area contributed by atoms with Crippen LogP contribution in [0.2, 0.25) is 0 Å². The van der Waals surface area contributed by atoms with Crippen molar-refractivity contribution >= 4 is 27.5 Å². The van der Waals surface area contributed by atoms with E-state index in [9.17, 15) is 4.79 Å². The summed E-state index contributed by atoms with van der Waals surface area (Å²) in [7, 11) is 0. The molecular weight excluding hydrogens is 428 g/mol. The number of aryl methyl sites for hydroxylation is 2. The lowest BCUT2D eigenvalue weighted by atomic mass is 9.91. The Labute approximate surface area is 179 Å². The second kappa shape index (κ2) is 8.51. The van der Waals surface area contributed by atoms with Crippen LogP contribution in [0, 0.1) is 13.8 Å². The first-order chi connectivity index (χ1) is 14.0. The smallest absolute Gasteiger partial charge is 0.259 e. The highest BCUT2D eigenvalue weighted by atomic mass is 79.9. The van der Waals surface area contributed by atoms with Crippen LogP contribution in [-0.4, -0.2) is 28.8 Å². The molecule has 0 atom stereocenters. The Balaban J connectivity index is 1.74. The number of halogens is 1. The number of carbonyl (C=O) groups excluding carboxylic acids is 1. The van der Waals surface area contributed by atoms with Gasteiger partial charge in [0.25, 0.3) is 5.91 Å². The Morgan fingerprint density at radius 1 is 1.14 bits per heavy atom. The lowest BCUT2D eigenvalue weighted by molar-refractivity contribution is 0.102. The summed E-state index contributed by atoms with van der Waals surface area (Å²) < 4.78 is 2.95. The zero-order valence-electron chi connectivity index (χ0n) is 16.7. The summed E-state index contributed by atoms with van der Waals surface area (Å²) in [5.41, 5.74) is 5.84. The minimum atomic E-state index is -0.114. The summed E-state index contributed by atoms with van der Waals surface area (Å²) in [4.78, 5) is 13.2. The molecule has 2 N–H and O–H groups in total. The molecule has 0 aliphatic carbocycles. The summed E-state index contributed by atoms with van der Waals surface area (Å²) in [6, 6.07) is 14.0. The first kappa shape index (κ1) is 19.9. The van der Waals surface area contributed by atoms with Crippen LogP contribution in [0.25, 0.3) is 5.69 Å². The van der Waals surface area contributed by atoms with Gasteiger partial charge in [-0.25, -0.2) is 4.68 Å². The number of benzene rings is 2. The van der Waals surface area contributed by atoms with E-state index in [0.717, 1.165) is 53.0 Å². The molecule has 1 aliphatic heterocycles. The molecule has 2 heterocycles. The maximum atomic E-state index is 13.2. The van der Waals surface area contributed by atoms with Gasteiger partial charge < -0.3 is 10.6 Å². The second-order valence-electron chi connectivity index (χ2n) is 7.63. The van der Waals surface area contributed by atoms with Crippen molar-refractivity contribution in [1.29, 1.82) is 0 Å². The lowest BCUT2D eigenvalue weighted by Gasteiger charge is -2.25. The Hall–Kier alpha value is -2.44. The Morgan fingerprint density at radius 2 is 1.86 bits per heavy atom. The Morgan fingerprint density at radius 3 is 2.55 bits per heavy atom. The van der Waals surface area contributed by atoms with Gasteiger partial charge in [0.05, 0.1) is 23.1 Å². The van der Waals surface area contributed by atoms with Crippen LogP contribution in [0.5, 0.6) is 0 Å². The summed E-state index contributed by atoms with van der Waals surface area (Å²) >= 11 is 3.43. The molecule has 4 rings (SSSR count). The van der Waals surface area contributed by atoms with Crippen molar-refractivity contribution in [2.24, 2.45) is 0 Å². The fraction of sp³-hybridized carbons (Fsp3) is 0.304. The maximum absolute atomic E-state index is 13.2. The van der Waals surface area contributed by atoms with Gasteiger partial charge in [-0.15, -0.1) is 0 Å². The van der Waals surface area contributed by atoms with Gasteiger partial charge in [0.2, 0.25) is 0 Å². The number of piperidine rings is 1. The van der Waals surface area contributed by atoms with E-state index in [1.165, 1.54) is 5.56 Å². The van der Waals surface area contributed by atoms with E-state index in [1.807, 2.05) is 28.9 Å². The molecule has 1 saturated heterocycles. The zero-order chi connectivity index (χ0) is 20.4. The molecule has 29 heavy (non-hydrogen) atoms. The van der Waals surface area contributed by atoms with E-state index in [-0.39, 0.29) is 5.91 Å². The Bertz CT molecular complexity index is 1020. The fourth-order valence-corrected chi connectivity index (χ4v) is 4.25. The van der Waals surface area contributed by atoms with Crippen LogP contribution < -0.4 is 10.6 Å². The van der Waals surface area contributed by atoms with Gasteiger partial charge in [0.1, 0.15) is 0 Å². The molecule has 1 amide bonds. The highest BCUT2D eigenvalue weighted by Crippen LogP contribution is 2.31. The minimum absolute atomic E-state index is 0.114. The third-order valence-corrected chi connectivity index (χ3v) is 5.99. The summed E-state index contributed by atoms with van der Waals surface area (Å²) in [5.74, 6) is 0.182. The van der Waals surface area contributed by atoms with Gasteiger partial charge in [-0.3, -0.25) is 4.79 Å². The maximum Gasteiger partial charge on any atom is 0.259 e. The Kier molecular flexibility index (Phi) is 5.83. The molecule has 5 nitrogen and oxygen atoms in total. The van der Waals surface area contributed by atoms with E-state index in [1.54, 1.807) is 6.20 Å². The number of carbonyl (C=O) groups is 1. The van der Waals surface area contributed by atoms with Crippen LogP contribution in [0.1, 0.15) is 45.9 Å². The molecule has 0 spiro atoms. The first-order valence-corrected chi connectivity index (χ1v) is 10.8. The highest BCUT2D eigenvalue weighted by molar-refractivity contribution is 9.10. The number of aromatic nitrogens is 2. The number of hydrogen-bond acceptors (Lipinski definition) is 3. The average Bonchev–Trinajstić information content (AvgIpc) is 3.15. The molecule has 1 fully saturated rings. The van der Waals surface area contributed by atoms with Crippen molar-refractivity contribution in [2.75, 3.05) is 18.4 Å². The summed E-state index contributed by atoms with van der Waals surface area (Å²) in [6.45, 7) is 6.09. The first-order valence-electron chi connectivity index (χ1n) is 9.96. The number of anilines is 1. The zero-order valence-corrected chi connectivity index (χ0v) is 18.3. The molecule has 3 aromatic rings.